The van der Waals surface area contributed by atoms with Gasteiger partial charge in [-0.05, 0) is 48.9 Å². The van der Waals surface area contributed by atoms with Crippen molar-refractivity contribution in [3.05, 3.63) is 54.6 Å². The highest BCUT2D eigenvalue weighted by Gasteiger charge is 2.17. The van der Waals surface area contributed by atoms with Crippen LogP contribution in [0.4, 0.5) is 0 Å². The van der Waals surface area contributed by atoms with E-state index >= 15 is 0 Å². The number of rotatable bonds is 13. The van der Waals surface area contributed by atoms with Gasteiger partial charge in [0.1, 0.15) is 23.9 Å². The number of benzene rings is 2. The molecule has 4 rings (SSSR count). The molecule has 0 atom stereocenters. The van der Waals surface area contributed by atoms with Crippen molar-refractivity contribution < 1.29 is 27.4 Å². The first-order valence-corrected chi connectivity index (χ1v) is 13.2. The van der Waals surface area contributed by atoms with Crippen LogP contribution in [0.25, 0.3) is 17.0 Å². The molecule has 2 aromatic carbocycles. The maximum atomic E-state index is 12.6. The van der Waals surface area contributed by atoms with Crippen molar-refractivity contribution in [2.75, 3.05) is 34.0 Å². The third kappa shape index (κ3) is 6.27. The number of sulfonamides is 1. The highest BCUT2D eigenvalue weighted by molar-refractivity contribution is 7.89. The Morgan fingerprint density at radius 2 is 1.68 bits per heavy atom. The van der Waals surface area contributed by atoms with Gasteiger partial charge in [0.05, 0.1) is 31.3 Å². The summed E-state index contributed by atoms with van der Waals surface area (Å²) in [7, 11) is -0.562. The Morgan fingerprint density at radius 3 is 2.41 bits per heavy atom. The van der Waals surface area contributed by atoms with E-state index < -0.39 is 10.0 Å². The van der Waals surface area contributed by atoms with Crippen LogP contribution in [0.3, 0.4) is 0 Å². The number of ether oxygens (including phenoxy) is 4. The fourth-order valence-corrected chi connectivity index (χ4v) is 4.48. The summed E-state index contributed by atoms with van der Waals surface area (Å²) in [6.07, 6.45) is 1.97. The summed E-state index contributed by atoms with van der Waals surface area (Å²) in [6, 6.07) is 15.0. The van der Waals surface area contributed by atoms with Crippen molar-refractivity contribution >= 4 is 15.7 Å². The van der Waals surface area contributed by atoms with Crippen molar-refractivity contribution in [3.8, 4) is 34.5 Å². The van der Waals surface area contributed by atoms with Gasteiger partial charge in [-0.15, -0.1) is 15.3 Å². The van der Waals surface area contributed by atoms with E-state index in [0.717, 1.165) is 12.8 Å². The van der Waals surface area contributed by atoms with E-state index in [4.69, 9.17) is 18.9 Å². The van der Waals surface area contributed by atoms with Crippen LogP contribution in [-0.2, 0) is 10.0 Å². The lowest BCUT2D eigenvalue weighted by atomic mass is 10.2. The molecule has 0 unspecified atom stereocenters. The Hall–Kier alpha value is -3.90. The third-order valence-corrected chi connectivity index (χ3v) is 6.91. The molecule has 4 aromatic rings. The van der Waals surface area contributed by atoms with Crippen LogP contribution >= 0.6 is 0 Å². The van der Waals surface area contributed by atoms with Crippen LogP contribution in [0.2, 0.25) is 0 Å². The van der Waals surface area contributed by atoms with E-state index in [1.54, 1.807) is 50.6 Å². The lowest BCUT2D eigenvalue weighted by Gasteiger charge is -2.10. The molecule has 0 saturated heterocycles. The maximum Gasteiger partial charge on any atom is 0.240 e. The summed E-state index contributed by atoms with van der Waals surface area (Å²) >= 11 is 0. The predicted octanol–water partition coefficient (Wildman–Crippen LogP) is 3.34. The molecule has 1 N–H and O–H groups in total. The molecule has 11 nitrogen and oxygen atoms in total. The molecule has 0 aliphatic carbocycles. The lowest BCUT2D eigenvalue weighted by molar-refractivity contribution is 0.305. The summed E-state index contributed by atoms with van der Waals surface area (Å²) in [6.45, 7) is 2.80. The number of unbranched alkanes of at least 4 members (excludes halogenated alkanes) is 1. The zero-order valence-electron chi connectivity index (χ0n) is 20.9. The van der Waals surface area contributed by atoms with Gasteiger partial charge in [-0.1, -0.05) is 13.3 Å². The SMILES string of the molecule is CCCCOc1ccc(S(=O)(=O)NCCOc2ccc3nnc(-c4ccc(OC)cc4OC)n3n2)cc1. The zero-order valence-corrected chi connectivity index (χ0v) is 21.7. The average molecular weight is 528 g/mol. The molecule has 12 heteroatoms. The van der Waals surface area contributed by atoms with Gasteiger partial charge in [0, 0.05) is 18.7 Å². The number of nitrogens with one attached hydrogen (secondary N) is 1. The van der Waals surface area contributed by atoms with Crippen LogP contribution in [-0.4, -0.2) is 62.2 Å². The van der Waals surface area contributed by atoms with Gasteiger partial charge in [-0.25, -0.2) is 13.1 Å². The molecule has 2 heterocycles. The molecule has 0 spiro atoms. The number of hydrogen-bond donors (Lipinski definition) is 1. The number of hydrogen-bond acceptors (Lipinski definition) is 9. The molecule has 0 aliphatic rings. The minimum absolute atomic E-state index is 0.0537. The highest BCUT2D eigenvalue weighted by atomic mass is 32.2. The molecule has 2 aromatic heterocycles. The minimum Gasteiger partial charge on any atom is -0.497 e. The van der Waals surface area contributed by atoms with Gasteiger partial charge < -0.3 is 18.9 Å². The van der Waals surface area contributed by atoms with Crippen molar-refractivity contribution in [1.29, 1.82) is 0 Å². The number of fused-ring (bicyclic) bond motifs is 1. The first-order chi connectivity index (χ1) is 17.9. The largest absolute Gasteiger partial charge is 0.497 e. The monoisotopic (exact) mass is 527 g/mol. The Morgan fingerprint density at radius 1 is 0.892 bits per heavy atom. The standard InChI is InChI=1S/C25H29N5O6S/c1-4-5-15-35-18-6-9-20(10-7-18)37(31,32)26-14-16-36-24-13-12-23-27-28-25(30(23)29-24)21-11-8-19(33-2)17-22(21)34-3/h6-13,17,26H,4-5,14-16H2,1-3H3. The minimum atomic E-state index is -3.69. The molecule has 0 radical (unpaired) electrons. The average Bonchev–Trinajstić information content (AvgIpc) is 3.34. The summed E-state index contributed by atoms with van der Waals surface area (Å²) in [5.74, 6) is 2.58. The molecule has 0 bridgehead atoms. The molecule has 0 amide bonds. The van der Waals surface area contributed by atoms with E-state index in [0.29, 0.717) is 40.9 Å². The summed E-state index contributed by atoms with van der Waals surface area (Å²) < 4.78 is 51.3. The van der Waals surface area contributed by atoms with Crippen molar-refractivity contribution in [3.63, 3.8) is 0 Å². The van der Waals surface area contributed by atoms with Crippen molar-refractivity contribution in [1.82, 2.24) is 24.5 Å². The second kappa shape index (κ2) is 11.9. The fraction of sp³-hybridized carbons (Fsp3) is 0.320. The second-order valence-electron chi connectivity index (χ2n) is 7.95. The number of methoxy groups -OCH3 is 2. The Labute approximate surface area is 215 Å². The fourth-order valence-electron chi connectivity index (χ4n) is 3.46. The van der Waals surface area contributed by atoms with Crippen molar-refractivity contribution in [2.45, 2.75) is 24.7 Å². The van der Waals surface area contributed by atoms with Crippen LogP contribution < -0.4 is 23.7 Å². The molecule has 37 heavy (non-hydrogen) atoms. The van der Waals surface area contributed by atoms with Crippen LogP contribution in [0.15, 0.2) is 59.5 Å². The molecule has 0 aliphatic heterocycles. The smallest absolute Gasteiger partial charge is 0.240 e. The lowest BCUT2D eigenvalue weighted by Crippen LogP contribution is -2.28. The van der Waals surface area contributed by atoms with Crippen LogP contribution in [0, 0.1) is 0 Å². The third-order valence-electron chi connectivity index (χ3n) is 5.43. The normalized spacial score (nSPS) is 11.4. The van der Waals surface area contributed by atoms with Crippen LogP contribution in [0.1, 0.15) is 19.8 Å². The highest BCUT2D eigenvalue weighted by Crippen LogP contribution is 2.32. The number of nitrogens with zero attached hydrogens (tertiary/aromatic N) is 4. The van der Waals surface area contributed by atoms with E-state index in [9.17, 15) is 8.42 Å². The van der Waals surface area contributed by atoms with Gasteiger partial charge in [0.15, 0.2) is 11.5 Å². The molecule has 196 valence electrons. The maximum absolute atomic E-state index is 12.6. The van der Waals surface area contributed by atoms with Crippen LogP contribution in [0.5, 0.6) is 23.1 Å². The molecule has 0 saturated carbocycles. The van der Waals surface area contributed by atoms with E-state index in [-0.39, 0.29) is 23.9 Å². The molecule has 0 fully saturated rings. The summed E-state index contributed by atoms with van der Waals surface area (Å²) in [5, 5.41) is 12.8. The van der Waals surface area contributed by atoms with E-state index in [2.05, 4.69) is 26.9 Å². The van der Waals surface area contributed by atoms with E-state index in [1.807, 2.05) is 6.07 Å². The Kier molecular flexibility index (Phi) is 8.41. The predicted molar refractivity (Wildman–Crippen MR) is 137 cm³/mol. The first kappa shape index (κ1) is 26.2. The molecular weight excluding hydrogens is 498 g/mol. The second-order valence-corrected chi connectivity index (χ2v) is 9.72. The van der Waals surface area contributed by atoms with E-state index in [1.165, 1.54) is 16.6 Å². The Bertz CT molecular complexity index is 1440. The van der Waals surface area contributed by atoms with Gasteiger partial charge in [0.25, 0.3) is 0 Å². The zero-order chi connectivity index (χ0) is 26.3. The summed E-state index contributed by atoms with van der Waals surface area (Å²) in [4.78, 5) is 0.150. The van der Waals surface area contributed by atoms with Gasteiger partial charge in [-0.3, -0.25) is 0 Å². The topological polar surface area (TPSA) is 126 Å². The summed E-state index contributed by atoms with van der Waals surface area (Å²) in [5.41, 5.74) is 1.19. The van der Waals surface area contributed by atoms with Crippen molar-refractivity contribution in [2.24, 2.45) is 0 Å². The van der Waals surface area contributed by atoms with Gasteiger partial charge in [-0.2, -0.15) is 4.52 Å². The Balaban J connectivity index is 1.39. The van der Waals surface area contributed by atoms with Gasteiger partial charge >= 0.3 is 0 Å². The quantitative estimate of drug-likeness (QED) is 0.261. The first-order valence-electron chi connectivity index (χ1n) is 11.8. The molecular formula is C25H29N5O6S. The number of aromatic nitrogens is 4. The van der Waals surface area contributed by atoms with Gasteiger partial charge in [0.2, 0.25) is 15.9 Å².